The molecule has 7 heavy (non-hydrogen) atoms. The second-order valence-electron chi connectivity index (χ2n) is 1.87. The van der Waals surface area contributed by atoms with E-state index in [1.807, 2.05) is 20.9 Å². The second-order valence-corrected chi connectivity index (χ2v) is 1.87. The lowest BCUT2D eigenvalue weighted by Crippen LogP contribution is -2.02. The summed E-state index contributed by atoms with van der Waals surface area (Å²) in [5.74, 6) is 0. The van der Waals surface area contributed by atoms with Crippen LogP contribution in [0.2, 0.25) is 0 Å². The topological polar surface area (TPSA) is 17.1 Å². The number of hydrogen-bond donors (Lipinski definition) is 0. The van der Waals surface area contributed by atoms with Gasteiger partial charge in [-0.15, -0.1) is 0 Å². The molecule has 0 radical (unpaired) electrons. The maximum absolute atomic E-state index is 4.00. The summed E-state index contributed by atoms with van der Waals surface area (Å²) in [6.07, 6.45) is 0. The first kappa shape index (κ1) is 6.47. The third-order valence-electron chi connectivity index (χ3n) is 0.428. The lowest BCUT2D eigenvalue weighted by Gasteiger charge is -2.16. The molecule has 42 valence electrons. The van der Waals surface area contributed by atoms with E-state index >= 15 is 0 Å². The van der Waals surface area contributed by atoms with E-state index in [-0.39, 0.29) is 0 Å². The Morgan fingerprint density at radius 2 is 2.00 bits per heavy atom. The zero-order valence-electron chi connectivity index (χ0n) is 5.18. The molecule has 0 amide bonds. The summed E-state index contributed by atoms with van der Waals surface area (Å²) in [5, 5.41) is 0. The van der Waals surface area contributed by atoms with Crippen molar-refractivity contribution in [1.82, 2.24) is 0 Å². The van der Waals surface area contributed by atoms with Gasteiger partial charge < -0.3 is 5.43 Å². The zero-order chi connectivity index (χ0) is 5.86. The van der Waals surface area contributed by atoms with Crippen LogP contribution in [0.1, 0.15) is 13.8 Å². The largest absolute Gasteiger partial charge is 0.439 e. The first-order chi connectivity index (χ1) is 3.13. The Morgan fingerprint density at radius 1 is 1.57 bits per heavy atom. The predicted molar refractivity (Wildman–Crippen MR) is 31.8 cm³/mol. The second kappa shape index (κ2) is 2.61. The highest BCUT2D eigenvalue weighted by molar-refractivity contribution is 5.15. The van der Waals surface area contributed by atoms with Crippen LogP contribution in [0.15, 0.2) is 0 Å². The van der Waals surface area contributed by atoms with E-state index < -0.39 is 0 Å². The molecule has 0 saturated heterocycles. The number of rotatable bonds is 2. The Kier molecular flexibility index (Phi) is 2.41. The minimum Gasteiger partial charge on any atom is -0.439 e. The van der Waals surface area contributed by atoms with Crippen molar-refractivity contribution in [3.8, 4) is 0 Å². The van der Waals surface area contributed by atoms with Gasteiger partial charge in [-0.2, -0.15) is 0 Å². The van der Waals surface area contributed by atoms with Crippen molar-refractivity contribution in [2.75, 3.05) is 7.05 Å². The summed E-state index contributed by atoms with van der Waals surface area (Å²) in [7, 11) is 1.82. The molecule has 0 unspecified atom stereocenters. The van der Waals surface area contributed by atoms with Crippen LogP contribution >= 0.6 is 0 Å². The van der Waals surface area contributed by atoms with E-state index in [2.05, 4.69) is 12.1 Å². The Hall–Kier alpha value is -0.530. The van der Waals surface area contributed by atoms with Gasteiger partial charge in [0.15, 0.2) is 0 Å². The summed E-state index contributed by atoms with van der Waals surface area (Å²) in [6.45, 7) is 7.58. The molecule has 0 aliphatic rings. The first-order valence-electron chi connectivity index (χ1n) is 2.38. The van der Waals surface area contributed by atoms with Gasteiger partial charge in [0.25, 0.3) is 0 Å². The average molecular weight is 100 g/mol. The van der Waals surface area contributed by atoms with Gasteiger partial charge in [0.05, 0.1) is 0 Å². The molecule has 0 aromatic rings. The smallest absolute Gasteiger partial charge is 0.126 e. The summed E-state index contributed by atoms with van der Waals surface area (Å²) in [5.41, 5.74) is 4.00. The zero-order valence-corrected chi connectivity index (χ0v) is 5.18. The highest BCUT2D eigenvalue weighted by Crippen LogP contribution is 1.93. The van der Waals surface area contributed by atoms with Crippen molar-refractivity contribution in [1.29, 1.82) is 0 Å². The van der Waals surface area contributed by atoms with Crippen molar-refractivity contribution in [2.24, 2.45) is 0 Å². The molecule has 0 bridgehead atoms. The molecule has 0 aliphatic heterocycles. The van der Waals surface area contributed by atoms with Gasteiger partial charge in [-0.25, -0.2) is 0 Å². The molecule has 0 fully saturated rings. The van der Waals surface area contributed by atoms with Crippen LogP contribution in [0.4, 0.5) is 0 Å². The molecule has 2 heteroatoms. The molecule has 0 heterocycles. The first-order valence-corrected chi connectivity index (χ1v) is 2.38. The summed E-state index contributed by atoms with van der Waals surface area (Å²) in [4.78, 5) is 0. The predicted octanol–water partition coefficient (Wildman–Crippen LogP) is 1.03. The summed E-state index contributed by atoms with van der Waals surface area (Å²) < 4.78 is 1.57. The SMILES string of the molecule is C=[N+](C)[N-]C(C)C. The minimum atomic E-state index is 0.363. The molecular weight excluding hydrogens is 88.1 g/mol. The lowest BCUT2D eigenvalue weighted by atomic mass is 10.4. The Bertz CT molecular complexity index is 66.5. The van der Waals surface area contributed by atoms with Crippen molar-refractivity contribution >= 4 is 6.72 Å². The van der Waals surface area contributed by atoms with Crippen LogP contribution in [0.5, 0.6) is 0 Å². The maximum atomic E-state index is 4.00. The van der Waals surface area contributed by atoms with Gasteiger partial charge in [-0.3, -0.25) is 4.68 Å². The van der Waals surface area contributed by atoms with Crippen LogP contribution < -0.4 is 0 Å². The number of nitrogens with zero attached hydrogens (tertiary/aromatic N) is 2. The Morgan fingerprint density at radius 3 is 2.00 bits per heavy atom. The molecule has 2 nitrogen and oxygen atoms in total. The molecule has 0 N–H and O–H groups in total. The van der Waals surface area contributed by atoms with Crippen LogP contribution in [0, 0.1) is 0 Å². The van der Waals surface area contributed by atoms with Gasteiger partial charge in [0, 0.05) is 0 Å². The number of hydrogen-bond acceptors (Lipinski definition) is 0. The van der Waals surface area contributed by atoms with Crippen molar-refractivity contribution in [3.05, 3.63) is 5.43 Å². The average Bonchev–Trinajstić information content (AvgIpc) is 1.27. The summed E-state index contributed by atoms with van der Waals surface area (Å²) in [6, 6.07) is 0.363. The molecule has 0 spiro atoms. The van der Waals surface area contributed by atoms with Gasteiger partial charge in [0.2, 0.25) is 0 Å². The van der Waals surface area contributed by atoms with E-state index in [1.54, 1.807) is 4.68 Å². The normalized spacial score (nSPS) is 9.14. The van der Waals surface area contributed by atoms with Crippen LogP contribution in [-0.4, -0.2) is 24.5 Å². The van der Waals surface area contributed by atoms with Gasteiger partial charge in [-0.1, -0.05) is 19.9 Å². The summed E-state index contributed by atoms with van der Waals surface area (Å²) >= 11 is 0. The fourth-order valence-electron chi connectivity index (χ4n) is 0.394. The molecule has 0 aromatic carbocycles. The highest BCUT2D eigenvalue weighted by atomic mass is 15.4. The molecule has 0 saturated carbocycles. The quantitative estimate of drug-likeness (QED) is 0.280. The molecule has 0 atom stereocenters. The van der Waals surface area contributed by atoms with Crippen molar-refractivity contribution < 1.29 is 4.68 Å². The Labute approximate surface area is 44.8 Å². The van der Waals surface area contributed by atoms with Crippen molar-refractivity contribution in [3.63, 3.8) is 0 Å². The lowest BCUT2D eigenvalue weighted by molar-refractivity contribution is -0.439. The molecule has 0 aromatic heterocycles. The van der Waals surface area contributed by atoms with Crippen molar-refractivity contribution in [2.45, 2.75) is 19.9 Å². The van der Waals surface area contributed by atoms with Gasteiger partial charge in [-0.05, 0) is 0 Å². The highest BCUT2D eigenvalue weighted by Gasteiger charge is 1.77. The fraction of sp³-hybridized carbons (Fsp3) is 0.800. The molecule has 0 aliphatic carbocycles. The third kappa shape index (κ3) is 5.47. The van der Waals surface area contributed by atoms with E-state index in [0.29, 0.717) is 6.04 Å². The molecule has 0 rings (SSSR count). The van der Waals surface area contributed by atoms with Gasteiger partial charge >= 0.3 is 0 Å². The van der Waals surface area contributed by atoms with E-state index in [0.717, 1.165) is 0 Å². The fourth-order valence-corrected chi connectivity index (χ4v) is 0.394. The maximum Gasteiger partial charge on any atom is 0.126 e. The van der Waals surface area contributed by atoms with Crippen LogP contribution in [0.3, 0.4) is 0 Å². The minimum absolute atomic E-state index is 0.363. The standard InChI is InChI=1S/C5H12N2/c1-5(2)6-7(3)4/h5H,3H2,1-2,4H3. The van der Waals surface area contributed by atoms with Gasteiger partial charge in [0.1, 0.15) is 13.8 Å². The van der Waals surface area contributed by atoms with Crippen LogP contribution in [0.25, 0.3) is 5.43 Å². The monoisotopic (exact) mass is 100 g/mol. The van der Waals surface area contributed by atoms with Crippen LogP contribution in [-0.2, 0) is 0 Å². The van der Waals surface area contributed by atoms with E-state index in [4.69, 9.17) is 0 Å². The van der Waals surface area contributed by atoms with E-state index in [9.17, 15) is 0 Å². The van der Waals surface area contributed by atoms with E-state index in [1.165, 1.54) is 0 Å². The Balaban J connectivity index is 3.13. The third-order valence-corrected chi connectivity index (χ3v) is 0.428. The molecular formula is C5H12N2.